The normalized spacial score (nSPS) is 36.1. The van der Waals surface area contributed by atoms with E-state index < -0.39 is 0 Å². The number of rotatable bonds is 6. The Labute approximate surface area is 125 Å². The molecular weight excluding hydrogens is 246 g/mol. The molecule has 0 aromatic heterocycles. The van der Waals surface area contributed by atoms with E-state index in [9.17, 15) is 0 Å². The average Bonchev–Trinajstić information content (AvgIpc) is 3.31. The zero-order chi connectivity index (χ0) is 13.8. The average molecular weight is 279 g/mol. The highest BCUT2D eigenvalue weighted by Crippen LogP contribution is 2.40. The summed E-state index contributed by atoms with van der Waals surface area (Å²) < 4.78 is 5.53. The molecule has 3 fully saturated rings. The predicted octanol–water partition coefficient (Wildman–Crippen LogP) is 4.00. The van der Waals surface area contributed by atoms with E-state index in [1.165, 1.54) is 64.3 Å². The first-order valence-corrected chi connectivity index (χ1v) is 9.16. The van der Waals surface area contributed by atoms with E-state index in [1.807, 2.05) is 0 Å². The van der Waals surface area contributed by atoms with E-state index in [-0.39, 0.29) is 0 Å². The Bertz CT molecular complexity index is 283. The molecule has 0 aromatic rings. The summed E-state index contributed by atoms with van der Waals surface area (Å²) in [5.74, 6) is 3.91. The molecule has 0 bridgehead atoms. The molecule has 3 rings (SSSR count). The largest absolute Gasteiger partial charge is 0.381 e. The third kappa shape index (κ3) is 4.21. The third-order valence-electron chi connectivity index (χ3n) is 6.05. The van der Waals surface area contributed by atoms with Crippen molar-refractivity contribution in [2.75, 3.05) is 19.8 Å². The van der Waals surface area contributed by atoms with Gasteiger partial charge >= 0.3 is 0 Å². The minimum atomic E-state index is 0.877. The van der Waals surface area contributed by atoms with Crippen molar-refractivity contribution in [1.82, 2.24) is 5.32 Å². The van der Waals surface area contributed by atoms with Gasteiger partial charge in [0.15, 0.2) is 0 Å². The molecule has 0 aromatic carbocycles. The van der Waals surface area contributed by atoms with E-state index in [0.29, 0.717) is 0 Å². The lowest BCUT2D eigenvalue weighted by molar-refractivity contribution is 0.0461. The van der Waals surface area contributed by atoms with Crippen LogP contribution in [0.1, 0.15) is 64.7 Å². The van der Waals surface area contributed by atoms with Gasteiger partial charge in [-0.1, -0.05) is 19.8 Å². The van der Waals surface area contributed by atoms with Crippen molar-refractivity contribution >= 4 is 0 Å². The number of nitrogens with one attached hydrogen (secondary N) is 1. The Morgan fingerprint density at radius 2 is 1.70 bits per heavy atom. The fraction of sp³-hybridized carbons (Fsp3) is 1.00. The van der Waals surface area contributed by atoms with Gasteiger partial charge in [-0.3, -0.25) is 0 Å². The van der Waals surface area contributed by atoms with Gasteiger partial charge in [0.2, 0.25) is 0 Å². The van der Waals surface area contributed by atoms with Crippen molar-refractivity contribution in [3.63, 3.8) is 0 Å². The van der Waals surface area contributed by atoms with Gasteiger partial charge in [-0.25, -0.2) is 0 Å². The third-order valence-corrected chi connectivity index (χ3v) is 6.05. The molecule has 1 aliphatic heterocycles. The first-order chi connectivity index (χ1) is 9.85. The minimum absolute atomic E-state index is 0.877. The molecule has 2 nitrogen and oxygen atoms in total. The van der Waals surface area contributed by atoms with Crippen LogP contribution in [0.4, 0.5) is 0 Å². The molecule has 2 saturated carbocycles. The molecule has 1 heterocycles. The molecule has 3 atom stereocenters. The summed E-state index contributed by atoms with van der Waals surface area (Å²) in [7, 11) is 0. The van der Waals surface area contributed by atoms with E-state index in [2.05, 4.69) is 12.2 Å². The smallest absolute Gasteiger partial charge is 0.0468 e. The SMILES string of the molecule is CCC1CCC(CNC2CC2)C(CC2CCOCC2)C1. The Kier molecular flexibility index (Phi) is 5.39. The van der Waals surface area contributed by atoms with Crippen molar-refractivity contribution in [2.45, 2.75) is 70.8 Å². The summed E-state index contributed by atoms with van der Waals surface area (Å²) in [5.41, 5.74) is 0. The monoisotopic (exact) mass is 279 g/mol. The van der Waals surface area contributed by atoms with Gasteiger partial charge in [-0.15, -0.1) is 0 Å². The lowest BCUT2D eigenvalue weighted by Crippen LogP contribution is -2.35. The van der Waals surface area contributed by atoms with Gasteiger partial charge in [-0.2, -0.15) is 0 Å². The molecule has 0 radical (unpaired) electrons. The van der Waals surface area contributed by atoms with Crippen LogP contribution < -0.4 is 5.32 Å². The topological polar surface area (TPSA) is 21.3 Å². The van der Waals surface area contributed by atoms with Crippen LogP contribution in [0.15, 0.2) is 0 Å². The molecule has 116 valence electrons. The van der Waals surface area contributed by atoms with Gasteiger partial charge in [-0.05, 0) is 75.2 Å². The van der Waals surface area contributed by atoms with Gasteiger partial charge in [0, 0.05) is 19.3 Å². The second-order valence-corrected chi connectivity index (χ2v) is 7.58. The van der Waals surface area contributed by atoms with Crippen LogP contribution in [-0.4, -0.2) is 25.8 Å². The molecular formula is C18H33NO. The van der Waals surface area contributed by atoms with Gasteiger partial charge in [0.1, 0.15) is 0 Å². The molecule has 3 unspecified atom stereocenters. The Balaban J connectivity index is 1.51. The van der Waals surface area contributed by atoms with Crippen LogP contribution in [0.5, 0.6) is 0 Å². The van der Waals surface area contributed by atoms with Crippen LogP contribution in [-0.2, 0) is 4.74 Å². The maximum absolute atomic E-state index is 5.53. The van der Waals surface area contributed by atoms with Crippen LogP contribution in [0.2, 0.25) is 0 Å². The van der Waals surface area contributed by atoms with Crippen LogP contribution in [0, 0.1) is 23.7 Å². The molecule has 0 spiro atoms. The molecule has 2 aliphatic carbocycles. The maximum atomic E-state index is 5.53. The van der Waals surface area contributed by atoms with E-state index in [4.69, 9.17) is 4.74 Å². The van der Waals surface area contributed by atoms with Crippen LogP contribution in [0.25, 0.3) is 0 Å². The zero-order valence-electron chi connectivity index (χ0n) is 13.3. The van der Waals surface area contributed by atoms with E-state index in [1.54, 1.807) is 0 Å². The highest BCUT2D eigenvalue weighted by molar-refractivity contribution is 4.87. The first kappa shape index (κ1) is 14.8. The van der Waals surface area contributed by atoms with Crippen molar-refractivity contribution in [2.24, 2.45) is 23.7 Å². The summed E-state index contributed by atoms with van der Waals surface area (Å²) >= 11 is 0. The van der Waals surface area contributed by atoms with Crippen molar-refractivity contribution in [3.05, 3.63) is 0 Å². The number of hydrogen-bond donors (Lipinski definition) is 1. The van der Waals surface area contributed by atoms with E-state index >= 15 is 0 Å². The molecule has 3 aliphatic rings. The van der Waals surface area contributed by atoms with Crippen molar-refractivity contribution < 1.29 is 4.74 Å². The highest BCUT2D eigenvalue weighted by Gasteiger charge is 2.33. The Hall–Kier alpha value is -0.0800. The standard InChI is InChI=1S/C18H33NO/c1-2-14-3-4-16(13-19-18-5-6-18)17(11-14)12-15-7-9-20-10-8-15/h14-19H,2-13H2,1H3. The summed E-state index contributed by atoms with van der Waals surface area (Å²) in [4.78, 5) is 0. The zero-order valence-corrected chi connectivity index (χ0v) is 13.3. The molecule has 20 heavy (non-hydrogen) atoms. The van der Waals surface area contributed by atoms with Gasteiger partial charge in [0.05, 0.1) is 0 Å². The molecule has 2 heteroatoms. The summed E-state index contributed by atoms with van der Waals surface area (Å²) in [6.07, 6.45) is 12.8. The predicted molar refractivity (Wildman–Crippen MR) is 83.8 cm³/mol. The lowest BCUT2D eigenvalue weighted by Gasteiger charge is -2.38. The summed E-state index contributed by atoms with van der Waals surface area (Å²) in [5, 5.41) is 3.80. The molecule has 0 amide bonds. The van der Waals surface area contributed by atoms with Crippen LogP contribution >= 0.6 is 0 Å². The summed E-state index contributed by atoms with van der Waals surface area (Å²) in [6, 6.07) is 0.877. The van der Waals surface area contributed by atoms with E-state index in [0.717, 1.165) is 42.9 Å². The van der Waals surface area contributed by atoms with Crippen molar-refractivity contribution in [3.8, 4) is 0 Å². The lowest BCUT2D eigenvalue weighted by atomic mass is 9.69. The van der Waals surface area contributed by atoms with Gasteiger partial charge < -0.3 is 10.1 Å². The highest BCUT2D eigenvalue weighted by atomic mass is 16.5. The first-order valence-electron chi connectivity index (χ1n) is 9.16. The second kappa shape index (κ2) is 7.26. The van der Waals surface area contributed by atoms with Gasteiger partial charge in [0.25, 0.3) is 0 Å². The second-order valence-electron chi connectivity index (χ2n) is 7.58. The quantitative estimate of drug-likeness (QED) is 0.793. The summed E-state index contributed by atoms with van der Waals surface area (Å²) in [6.45, 7) is 5.72. The minimum Gasteiger partial charge on any atom is -0.381 e. The molecule has 1 N–H and O–H groups in total. The Morgan fingerprint density at radius 3 is 2.40 bits per heavy atom. The fourth-order valence-electron chi connectivity index (χ4n) is 4.37. The Morgan fingerprint density at radius 1 is 0.900 bits per heavy atom. The van der Waals surface area contributed by atoms with Crippen LogP contribution in [0.3, 0.4) is 0 Å². The fourth-order valence-corrected chi connectivity index (χ4v) is 4.37. The number of ether oxygens (including phenoxy) is 1. The maximum Gasteiger partial charge on any atom is 0.0468 e. The van der Waals surface area contributed by atoms with Crippen molar-refractivity contribution in [1.29, 1.82) is 0 Å². The number of hydrogen-bond acceptors (Lipinski definition) is 2. The molecule has 1 saturated heterocycles.